The average Bonchev–Trinajstić information content (AvgIpc) is 2.42. The van der Waals surface area contributed by atoms with Gasteiger partial charge in [0.05, 0.1) is 6.10 Å². The zero-order valence-corrected chi connectivity index (χ0v) is 11.0. The van der Waals surface area contributed by atoms with Crippen molar-refractivity contribution in [2.75, 3.05) is 13.1 Å². The van der Waals surface area contributed by atoms with E-state index >= 15 is 0 Å². The van der Waals surface area contributed by atoms with Crippen LogP contribution in [-0.4, -0.2) is 18.2 Å². The Morgan fingerprint density at radius 3 is 2.68 bits per heavy atom. The molecule has 0 bridgehead atoms. The van der Waals surface area contributed by atoms with E-state index in [1.54, 1.807) is 0 Å². The maximum absolute atomic E-state index is 13.4. The van der Waals surface area contributed by atoms with E-state index in [4.69, 9.17) is 0 Å². The molecule has 0 aromatic heterocycles. The molecular formula is C15H21F2NO. The van der Waals surface area contributed by atoms with Crippen molar-refractivity contribution in [1.29, 1.82) is 0 Å². The zero-order valence-electron chi connectivity index (χ0n) is 11.0. The van der Waals surface area contributed by atoms with Crippen LogP contribution in [0.1, 0.15) is 43.8 Å². The van der Waals surface area contributed by atoms with Gasteiger partial charge in [0.25, 0.3) is 0 Å². The Labute approximate surface area is 112 Å². The van der Waals surface area contributed by atoms with Crippen molar-refractivity contribution >= 4 is 0 Å². The SMILES string of the molecule is OC(CNCC1CCCCC1)c1cc(F)ccc1F. The van der Waals surface area contributed by atoms with Crippen molar-refractivity contribution in [3.63, 3.8) is 0 Å². The first-order valence-corrected chi connectivity index (χ1v) is 7.00. The Balaban J connectivity index is 1.80. The molecule has 0 heterocycles. The third kappa shape index (κ3) is 4.25. The Bertz CT molecular complexity index is 405. The van der Waals surface area contributed by atoms with E-state index in [0.717, 1.165) is 24.7 Å². The molecule has 0 amide bonds. The van der Waals surface area contributed by atoms with Gasteiger partial charge in [0, 0.05) is 12.1 Å². The van der Waals surface area contributed by atoms with Crippen molar-refractivity contribution in [1.82, 2.24) is 5.32 Å². The maximum Gasteiger partial charge on any atom is 0.129 e. The molecule has 1 fully saturated rings. The monoisotopic (exact) mass is 269 g/mol. The van der Waals surface area contributed by atoms with Crippen LogP contribution < -0.4 is 5.32 Å². The standard InChI is InChI=1S/C15H21F2NO/c16-12-6-7-14(17)13(8-12)15(19)10-18-9-11-4-2-1-3-5-11/h6-8,11,15,18-19H,1-5,9-10H2. The lowest BCUT2D eigenvalue weighted by Crippen LogP contribution is -2.28. The van der Waals surface area contributed by atoms with Gasteiger partial charge in [0.15, 0.2) is 0 Å². The molecule has 106 valence electrons. The van der Waals surface area contributed by atoms with Crippen LogP contribution in [-0.2, 0) is 0 Å². The first kappa shape index (κ1) is 14.4. The molecule has 1 atom stereocenters. The van der Waals surface area contributed by atoms with Crippen LogP contribution in [0, 0.1) is 17.6 Å². The summed E-state index contributed by atoms with van der Waals surface area (Å²) in [7, 11) is 0. The summed E-state index contributed by atoms with van der Waals surface area (Å²) < 4.78 is 26.5. The lowest BCUT2D eigenvalue weighted by Gasteiger charge is -2.22. The lowest BCUT2D eigenvalue weighted by atomic mass is 9.89. The van der Waals surface area contributed by atoms with Gasteiger partial charge < -0.3 is 10.4 Å². The molecule has 1 aliphatic rings. The highest BCUT2D eigenvalue weighted by atomic mass is 19.1. The summed E-state index contributed by atoms with van der Waals surface area (Å²) in [5.74, 6) is -0.436. The van der Waals surface area contributed by atoms with Crippen molar-refractivity contribution in [3.8, 4) is 0 Å². The Morgan fingerprint density at radius 2 is 1.95 bits per heavy atom. The number of nitrogens with one attached hydrogen (secondary N) is 1. The molecule has 2 N–H and O–H groups in total. The van der Waals surface area contributed by atoms with Crippen LogP contribution in [0.3, 0.4) is 0 Å². The highest BCUT2D eigenvalue weighted by Gasteiger charge is 2.16. The van der Waals surface area contributed by atoms with Crippen LogP contribution in [0.4, 0.5) is 8.78 Å². The first-order chi connectivity index (χ1) is 9.16. The van der Waals surface area contributed by atoms with Crippen LogP contribution in [0.2, 0.25) is 0 Å². The molecule has 4 heteroatoms. The number of halogens is 2. The molecule has 0 spiro atoms. The number of aliphatic hydroxyl groups excluding tert-OH is 1. The summed E-state index contributed by atoms with van der Waals surface area (Å²) in [6, 6.07) is 3.17. The fourth-order valence-corrected chi connectivity index (χ4v) is 2.70. The summed E-state index contributed by atoms with van der Waals surface area (Å²) >= 11 is 0. The quantitative estimate of drug-likeness (QED) is 0.860. The number of hydrogen-bond acceptors (Lipinski definition) is 2. The third-order valence-corrected chi connectivity index (χ3v) is 3.81. The molecule has 0 aliphatic heterocycles. The molecule has 1 unspecified atom stereocenters. The first-order valence-electron chi connectivity index (χ1n) is 7.00. The number of aliphatic hydroxyl groups is 1. The number of hydrogen-bond donors (Lipinski definition) is 2. The van der Waals surface area contributed by atoms with E-state index < -0.39 is 17.7 Å². The fourth-order valence-electron chi connectivity index (χ4n) is 2.70. The third-order valence-electron chi connectivity index (χ3n) is 3.81. The van der Waals surface area contributed by atoms with Gasteiger partial charge in [-0.05, 0) is 43.5 Å². The van der Waals surface area contributed by atoms with Crippen LogP contribution in [0.25, 0.3) is 0 Å². The zero-order chi connectivity index (χ0) is 13.7. The van der Waals surface area contributed by atoms with Crippen LogP contribution in [0.15, 0.2) is 18.2 Å². The second-order valence-electron chi connectivity index (χ2n) is 5.34. The molecule has 0 radical (unpaired) electrons. The van der Waals surface area contributed by atoms with Crippen molar-refractivity contribution in [3.05, 3.63) is 35.4 Å². The normalized spacial score (nSPS) is 18.5. The van der Waals surface area contributed by atoms with Crippen molar-refractivity contribution < 1.29 is 13.9 Å². The Kier molecular flexibility index (Phi) is 5.28. The van der Waals surface area contributed by atoms with Gasteiger partial charge in [-0.25, -0.2) is 8.78 Å². The Morgan fingerprint density at radius 1 is 1.21 bits per heavy atom. The molecule has 0 saturated heterocycles. The smallest absolute Gasteiger partial charge is 0.129 e. The lowest BCUT2D eigenvalue weighted by molar-refractivity contribution is 0.166. The minimum Gasteiger partial charge on any atom is -0.387 e. The van der Waals surface area contributed by atoms with Gasteiger partial charge in [-0.2, -0.15) is 0 Å². The molecular weight excluding hydrogens is 248 g/mol. The molecule has 1 aromatic rings. The van der Waals surface area contributed by atoms with Gasteiger partial charge in [-0.3, -0.25) is 0 Å². The summed E-state index contributed by atoms with van der Waals surface area (Å²) in [6.45, 7) is 1.10. The minimum absolute atomic E-state index is 0.0242. The second kappa shape index (κ2) is 6.96. The topological polar surface area (TPSA) is 32.3 Å². The number of benzene rings is 1. The predicted octanol–water partition coefficient (Wildman–Crippen LogP) is 3.17. The van der Waals surface area contributed by atoms with Gasteiger partial charge in [0.1, 0.15) is 11.6 Å². The maximum atomic E-state index is 13.4. The van der Waals surface area contributed by atoms with Crippen LogP contribution in [0.5, 0.6) is 0 Å². The number of rotatable bonds is 5. The highest BCUT2D eigenvalue weighted by Crippen LogP contribution is 2.23. The second-order valence-corrected chi connectivity index (χ2v) is 5.34. The van der Waals surface area contributed by atoms with E-state index in [0.29, 0.717) is 5.92 Å². The average molecular weight is 269 g/mol. The van der Waals surface area contributed by atoms with E-state index in [2.05, 4.69) is 5.32 Å². The molecule has 1 aliphatic carbocycles. The van der Waals surface area contributed by atoms with Crippen molar-refractivity contribution in [2.24, 2.45) is 5.92 Å². The largest absolute Gasteiger partial charge is 0.387 e. The van der Waals surface area contributed by atoms with E-state index in [1.807, 2.05) is 0 Å². The van der Waals surface area contributed by atoms with Gasteiger partial charge in [0.2, 0.25) is 0 Å². The minimum atomic E-state index is -1.00. The molecule has 2 nitrogen and oxygen atoms in total. The molecule has 1 saturated carbocycles. The van der Waals surface area contributed by atoms with E-state index in [1.165, 1.54) is 32.1 Å². The fraction of sp³-hybridized carbons (Fsp3) is 0.600. The van der Waals surface area contributed by atoms with Gasteiger partial charge in [-0.15, -0.1) is 0 Å². The van der Waals surface area contributed by atoms with Crippen molar-refractivity contribution in [2.45, 2.75) is 38.2 Å². The van der Waals surface area contributed by atoms with E-state index in [-0.39, 0.29) is 12.1 Å². The van der Waals surface area contributed by atoms with E-state index in [9.17, 15) is 13.9 Å². The summed E-state index contributed by atoms with van der Waals surface area (Å²) in [6.07, 6.45) is 5.29. The summed E-state index contributed by atoms with van der Waals surface area (Å²) in [5.41, 5.74) is 0.0242. The van der Waals surface area contributed by atoms with Gasteiger partial charge in [-0.1, -0.05) is 19.3 Å². The van der Waals surface area contributed by atoms with Crippen LogP contribution >= 0.6 is 0 Å². The summed E-state index contributed by atoms with van der Waals surface area (Å²) in [5, 5.41) is 13.0. The predicted molar refractivity (Wildman–Crippen MR) is 70.8 cm³/mol. The molecule has 19 heavy (non-hydrogen) atoms. The van der Waals surface area contributed by atoms with Gasteiger partial charge >= 0.3 is 0 Å². The molecule has 1 aromatic carbocycles. The summed E-state index contributed by atoms with van der Waals surface area (Å²) in [4.78, 5) is 0. The molecule has 2 rings (SSSR count). The highest BCUT2D eigenvalue weighted by molar-refractivity contribution is 5.21. The Hall–Kier alpha value is -1.00.